The Hall–Kier alpha value is -1.81. The SMILES string of the molecule is C[C@@H]1CNCCc2cc(-c3cccc(C(F)(F)F)c3)ccc21. The molecule has 0 spiro atoms. The van der Waals surface area contributed by atoms with Crippen LogP contribution in [-0.4, -0.2) is 13.1 Å². The van der Waals surface area contributed by atoms with E-state index in [1.807, 2.05) is 12.1 Å². The van der Waals surface area contributed by atoms with Crippen LogP contribution in [0.5, 0.6) is 0 Å². The van der Waals surface area contributed by atoms with Gasteiger partial charge in [-0.2, -0.15) is 13.2 Å². The molecule has 0 aromatic heterocycles. The molecule has 2 aromatic rings. The average Bonchev–Trinajstić information content (AvgIpc) is 2.68. The molecule has 0 saturated carbocycles. The summed E-state index contributed by atoms with van der Waals surface area (Å²) in [5.74, 6) is 0.424. The summed E-state index contributed by atoms with van der Waals surface area (Å²) in [6.45, 7) is 4.01. The van der Waals surface area contributed by atoms with Crippen LogP contribution in [0.4, 0.5) is 13.2 Å². The number of benzene rings is 2. The van der Waals surface area contributed by atoms with Crippen LogP contribution in [-0.2, 0) is 12.6 Å². The lowest BCUT2D eigenvalue weighted by molar-refractivity contribution is -0.137. The van der Waals surface area contributed by atoms with Crippen molar-refractivity contribution in [2.75, 3.05) is 13.1 Å². The minimum Gasteiger partial charge on any atom is -0.316 e. The van der Waals surface area contributed by atoms with Gasteiger partial charge >= 0.3 is 6.18 Å². The van der Waals surface area contributed by atoms with Gasteiger partial charge in [0.05, 0.1) is 5.56 Å². The summed E-state index contributed by atoms with van der Waals surface area (Å²) < 4.78 is 38.6. The second-order valence-electron chi connectivity index (χ2n) is 5.85. The molecule has 4 heteroatoms. The van der Waals surface area contributed by atoms with Gasteiger partial charge in [0.25, 0.3) is 0 Å². The fourth-order valence-corrected chi connectivity index (χ4v) is 3.01. The van der Waals surface area contributed by atoms with Gasteiger partial charge in [-0.25, -0.2) is 0 Å². The summed E-state index contributed by atoms with van der Waals surface area (Å²) in [7, 11) is 0. The lowest BCUT2D eigenvalue weighted by Crippen LogP contribution is -2.18. The highest BCUT2D eigenvalue weighted by Gasteiger charge is 2.30. The predicted octanol–water partition coefficient (Wildman–Crippen LogP) is 4.62. The number of halogens is 3. The van der Waals surface area contributed by atoms with Crippen molar-refractivity contribution in [1.82, 2.24) is 5.32 Å². The first-order chi connectivity index (χ1) is 10.4. The first-order valence-corrected chi connectivity index (χ1v) is 7.46. The molecule has 0 fully saturated rings. The van der Waals surface area contributed by atoms with Crippen LogP contribution in [0.25, 0.3) is 11.1 Å². The molecule has 0 bridgehead atoms. The topological polar surface area (TPSA) is 12.0 Å². The van der Waals surface area contributed by atoms with Crippen LogP contribution in [0.3, 0.4) is 0 Å². The van der Waals surface area contributed by atoms with Gasteiger partial charge < -0.3 is 5.32 Å². The highest BCUT2D eigenvalue weighted by atomic mass is 19.4. The first-order valence-electron chi connectivity index (χ1n) is 7.46. The second kappa shape index (κ2) is 5.76. The third kappa shape index (κ3) is 3.02. The standard InChI is InChI=1S/C18H18F3N/c1-12-11-22-8-7-15-9-14(5-6-17(12)15)13-3-2-4-16(10-13)18(19,20)21/h2-6,9-10,12,22H,7-8,11H2,1H3/t12-/m1/s1. The summed E-state index contributed by atoms with van der Waals surface area (Å²) in [5, 5.41) is 3.38. The van der Waals surface area contributed by atoms with Crippen LogP contribution < -0.4 is 5.32 Å². The molecule has 116 valence electrons. The Balaban J connectivity index is 2.01. The van der Waals surface area contributed by atoms with Crippen molar-refractivity contribution >= 4 is 0 Å². The van der Waals surface area contributed by atoms with Gasteiger partial charge in [-0.05, 0) is 53.3 Å². The maximum atomic E-state index is 12.9. The lowest BCUT2D eigenvalue weighted by atomic mass is 9.91. The molecule has 2 aromatic carbocycles. The molecule has 0 amide bonds. The van der Waals surface area contributed by atoms with E-state index in [0.29, 0.717) is 11.5 Å². The Kier molecular flexibility index (Phi) is 3.96. The van der Waals surface area contributed by atoms with E-state index >= 15 is 0 Å². The van der Waals surface area contributed by atoms with Crippen molar-refractivity contribution in [1.29, 1.82) is 0 Å². The van der Waals surface area contributed by atoms with Gasteiger partial charge in [0.1, 0.15) is 0 Å². The lowest BCUT2D eigenvalue weighted by Gasteiger charge is -2.14. The van der Waals surface area contributed by atoms with E-state index in [1.165, 1.54) is 23.3 Å². The van der Waals surface area contributed by atoms with E-state index in [0.717, 1.165) is 31.1 Å². The first kappa shape index (κ1) is 15.1. The Morgan fingerprint density at radius 3 is 2.59 bits per heavy atom. The molecular formula is C18H18F3N. The van der Waals surface area contributed by atoms with Crippen molar-refractivity contribution in [2.45, 2.75) is 25.4 Å². The smallest absolute Gasteiger partial charge is 0.316 e. The summed E-state index contributed by atoms with van der Waals surface area (Å²) >= 11 is 0. The minimum absolute atomic E-state index is 0.424. The highest BCUT2D eigenvalue weighted by Crippen LogP contribution is 2.33. The molecule has 1 aliphatic rings. The molecule has 1 N–H and O–H groups in total. The van der Waals surface area contributed by atoms with Crippen LogP contribution in [0.2, 0.25) is 0 Å². The van der Waals surface area contributed by atoms with E-state index in [9.17, 15) is 13.2 Å². The Labute approximate surface area is 128 Å². The predicted molar refractivity (Wildman–Crippen MR) is 81.9 cm³/mol. The molecule has 1 aliphatic heterocycles. The minimum atomic E-state index is -4.31. The zero-order chi connectivity index (χ0) is 15.7. The monoisotopic (exact) mass is 305 g/mol. The molecule has 1 atom stereocenters. The van der Waals surface area contributed by atoms with Gasteiger partial charge in [-0.3, -0.25) is 0 Å². The van der Waals surface area contributed by atoms with Gasteiger partial charge in [0.15, 0.2) is 0 Å². The van der Waals surface area contributed by atoms with Gasteiger partial charge in [-0.1, -0.05) is 37.3 Å². The number of fused-ring (bicyclic) bond motifs is 1. The molecule has 22 heavy (non-hydrogen) atoms. The number of hydrogen-bond donors (Lipinski definition) is 1. The molecule has 0 unspecified atom stereocenters. The summed E-state index contributed by atoms with van der Waals surface area (Å²) in [5.41, 5.74) is 3.38. The van der Waals surface area contributed by atoms with E-state index in [4.69, 9.17) is 0 Å². The van der Waals surface area contributed by atoms with Crippen LogP contribution >= 0.6 is 0 Å². The van der Waals surface area contributed by atoms with Crippen LogP contribution in [0.15, 0.2) is 42.5 Å². The number of rotatable bonds is 1. The normalized spacial score (nSPS) is 18.6. The zero-order valence-electron chi connectivity index (χ0n) is 12.4. The van der Waals surface area contributed by atoms with Crippen LogP contribution in [0.1, 0.15) is 29.5 Å². The molecule has 1 nitrogen and oxygen atoms in total. The van der Waals surface area contributed by atoms with E-state index in [1.54, 1.807) is 6.07 Å². The van der Waals surface area contributed by atoms with E-state index in [-0.39, 0.29) is 0 Å². The number of hydrogen-bond acceptors (Lipinski definition) is 1. The fourth-order valence-electron chi connectivity index (χ4n) is 3.01. The number of alkyl halides is 3. The molecule has 1 heterocycles. The Morgan fingerprint density at radius 2 is 1.82 bits per heavy atom. The average molecular weight is 305 g/mol. The Bertz CT molecular complexity index is 676. The maximum Gasteiger partial charge on any atom is 0.416 e. The quantitative estimate of drug-likeness (QED) is 0.810. The maximum absolute atomic E-state index is 12.9. The summed E-state index contributed by atoms with van der Waals surface area (Å²) in [6, 6.07) is 11.6. The molecule has 0 aliphatic carbocycles. The highest BCUT2D eigenvalue weighted by molar-refractivity contribution is 5.66. The van der Waals surface area contributed by atoms with Gasteiger partial charge in [0.2, 0.25) is 0 Å². The van der Waals surface area contributed by atoms with E-state index < -0.39 is 11.7 Å². The van der Waals surface area contributed by atoms with Crippen molar-refractivity contribution in [3.63, 3.8) is 0 Å². The van der Waals surface area contributed by atoms with Crippen LogP contribution in [0, 0.1) is 0 Å². The number of nitrogens with one attached hydrogen (secondary N) is 1. The third-order valence-corrected chi connectivity index (χ3v) is 4.22. The molecule has 0 radical (unpaired) electrons. The summed E-state index contributed by atoms with van der Waals surface area (Å²) in [6.07, 6.45) is -3.40. The van der Waals surface area contributed by atoms with Crippen molar-refractivity contribution in [3.8, 4) is 11.1 Å². The zero-order valence-corrected chi connectivity index (χ0v) is 12.4. The molecule has 0 saturated heterocycles. The second-order valence-corrected chi connectivity index (χ2v) is 5.85. The summed E-state index contributed by atoms with van der Waals surface area (Å²) in [4.78, 5) is 0. The van der Waals surface area contributed by atoms with Gasteiger partial charge in [-0.15, -0.1) is 0 Å². The van der Waals surface area contributed by atoms with Crippen molar-refractivity contribution < 1.29 is 13.2 Å². The fraction of sp³-hybridized carbons (Fsp3) is 0.333. The third-order valence-electron chi connectivity index (χ3n) is 4.22. The Morgan fingerprint density at radius 1 is 1.05 bits per heavy atom. The molecular weight excluding hydrogens is 287 g/mol. The van der Waals surface area contributed by atoms with E-state index in [2.05, 4.69) is 18.3 Å². The van der Waals surface area contributed by atoms with Crippen molar-refractivity contribution in [3.05, 3.63) is 59.2 Å². The van der Waals surface area contributed by atoms with Crippen molar-refractivity contribution in [2.24, 2.45) is 0 Å². The molecule has 3 rings (SSSR count). The largest absolute Gasteiger partial charge is 0.416 e. The van der Waals surface area contributed by atoms with Gasteiger partial charge in [0, 0.05) is 6.54 Å².